The van der Waals surface area contributed by atoms with Crippen LogP contribution in [0.5, 0.6) is 0 Å². The summed E-state index contributed by atoms with van der Waals surface area (Å²) in [6, 6.07) is 0. The number of hydrogen-bond donors (Lipinski definition) is 0. The minimum absolute atomic E-state index is 0.291. The zero-order chi connectivity index (χ0) is 15.5. The molecular formula is C20H30F2. The maximum absolute atomic E-state index is 13.5. The summed E-state index contributed by atoms with van der Waals surface area (Å²) in [4.78, 5) is 0. The Hall–Kier alpha value is -0.660. The SMILES string of the molecule is CCC1CCC(C2CCC(C3=CC=C(F)C(F)C3)CC2)CC1. The molecule has 2 fully saturated rings. The van der Waals surface area contributed by atoms with Crippen molar-refractivity contribution in [2.45, 2.75) is 77.3 Å². The number of alkyl halides is 1. The fourth-order valence-electron chi connectivity index (χ4n) is 5.00. The van der Waals surface area contributed by atoms with Gasteiger partial charge in [0.2, 0.25) is 0 Å². The smallest absolute Gasteiger partial charge is 0.155 e. The van der Waals surface area contributed by atoms with E-state index in [1.807, 2.05) is 6.08 Å². The maximum atomic E-state index is 13.5. The first-order valence-electron chi connectivity index (χ1n) is 9.37. The van der Waals surface area contributed by atoms with Gasteiger partial charge in [0.15, 0.2) is 6.17 Å². The van der Waals surface area contributed by atoms with Crippen LogP contribution in [0.1, 0.15) is 71.1 Å². The summed E-state index contributed by atoms with van der Waals surface area (Å²) in [5.41, 5.74) is 1.15. The molecule has 0 aromatic carbocycles. The van der Waals surface area contributed by atoms with E-state index in [2.05, 4.69) is 6.92 Å². The van der Waals surface area contributed by atoms with E-state index in [-0.39, 0.29) is 0 Å². The quantitative estimate of drug-likeness (QED) is 0.556. The average Bonchev–Trinajstić information content (AvgIpc) is 2.58. The van der Waals surface area contributed by atoms with E-state index in [1.165, 1.54) is 63.9 Å². The highest BCUT2D eigenvalue weighted by molar-refractivity contribution is 5.26. The molecule has 0 spiro atoms. The summed E-state index contributed by atoms with van der Waals surface area (Å²) >= 11 is 0. The van der Waals surface area contributed by atoms with E-state index < -0.39 is 12.0 Å². The van der Waals surface area contributed by atoms with Gasteiger partial charge in [0, 0.05) is 6.42 Å². The minimum Gasteiger partial charge on any atom is -0.239 e. The second-order valence-corrected chi connectivity index (χ2v) is 7.77. The third-order valence-electron chi connectivity index (χ3n) is 6.60. The largest absolute Gasteiger partial charge is 0.239 e. The number of hydrogen-bond acceptors (Lipinski definition) is 0. The van der Waals surface area contributed by atoms with Gasteiger partial charge in [-0.3, -0.25) is 0 Å². The van der Waals surface area contributed by atoms with E-state index in [9.17, 15) is 8.78 Å². The van der Waals surface area contributed by atoms with Crippen LogP contribution in [0.2, 0.25) is 0 Å². The van der Waals surface area contributed by atoms with Crippen molar-refractivity contribution in [3.63, 3.8) is 0 Å². The molecule has 3 aliphatic carbocycles. The van der Waals surface area contributed by atoms with E-state index >= 15 is 0 Å². The molecular weight excluding hydrogens is 278 g/mol. The molecule has 0 amide bonds. The van der Waals surface area contributed by atoms with Crippen molar-refractivity contribution in [2.24, 2.45) is 23.7 Å². The third kappa shape index (κ3) is 3.63. The molecule has 0 saturated heterocycles. The fourth-order valence-corrected chi connectivity index (χ4v) is 5.00. The van der Waals surface area contributed by atoms with Crippen LogP contribution in [0.4, 0.5) is 8.78 Å². The molecule has 22 heavy (non-hydrogen) atoms. The van der Waals surface area contributed by atoms with Gasteiger partial charge in [0.05, 0.1) is 0 Å². The van der Waals surface area contributed by atoms with E-state index in [4.69, 9.17) is 0 Å². The minimum atomic E-state index is -1.39. The molecule has 0 heterocycles. The molecule has 1 unspecified atom stereocenters. The van der Waals surface area contributed by atoms with Crippen LogP contribution < -0.4 is 0 Å². The lowest BCUT2D eigenvalue weighted by atomic mass is 9.67. The molecule has 0 aromatic heterocycles. The zero-order valence-electron chi connectivity index (χ0n) is 13.9. The Labute approximate surface area is 134 Å². The van der Waals surface area contributed by atoms with Gasteiger partial charge in [0.25, 0.3) is 0 Å². The van der Waals surface area contributed by atoms with Crippen LogP contribution in [0, 0.1) is 23.7 Å². The van der Waals surface area contributed by atoms with Gasteiger partial charge in [-0.2, -0.15) is 0 Å². The fraction of sp³-hybridized carbons (Fsp3) is 0.800. The van der Waals surface area contributed by atoms with Crippen LogP contribution in [0.15, 0.2) is 23.6 Å². The average molecular weight is 308 g/mol. The van der Waals surface area contributed by atoms with E-state index in [0.717, 1.165) is 23.3 Å². The van der Waals surface area contributed by atoms with E-state index in [1.54, 1.807) is 0 Å². The Morgan fingerprint density at radius 1 is 0.909 bits per heavy atom. The molecule has 1 atom stereocenters. The van der Waals surface area contributed by atoms with Crippen LogP contribution in [-0.4, -0.2) is 6.17 Å². The van der Waals surface area contributed by atoms with Crippen molar-refractivity contribution in [3.8, 4) is 0 Å². The van der Waals surface area contributed by atoms with Crippen molar-refractivity contribution in [1.29, 1.82) is 0 Å². The molecule has 0 bridgehead atoms. The summed E-state index contributed by atoms with van der Waals surface area (Å²) < 4.78 is 26.7. The van der Waals surface area contributed by atoms with E-state index in [0.29, 0.717) is 12.3 Å². The van der Waals surface area contributed by atoms with Crippen molar-refractivity contribution in [3.05, 3.63) is 23.6 Å². The van der Waals surface area contributed by atoms with Gasteiger partial charge >= 0.3 is 0 Å². The number of halogens is 2. The lowest BCUT2D eigenvalue weighted by molar-refractivity contribution is 0.150. The predicted octanol–water partition coefficient (Wildman–Crippen LogP) is 6.53. The van der Waals surface area contributed by atoms with Gasteiger partial charge < -0.3 is 0 Å². The number of rotatable bonds is 3. The lowest BCUT2D eigenvalue weighted by Gasteiger charge is -2.38. The van der Waals surface area contributed by atoms with Crippen molar-refractivity contribution < 1.29 is 8.78 Å². The third-order valence-corrected chi connectivity index (χ3v) is 6.60. The van der Waals surface area contributed by atoms with Gasteiger partial charge in [0.1, 0.15) is 5.83 Å². The molecule has 0 radical (unpaired) electrons. The van der Waals surface area contributed by atoms with Crippen molar-refractivity contribution in [1.82, 2.24) is 0 Å². The Bertz CT molecular complexity index is 421. The van der Waals surface area contributed by atoms with Crippen LogP contribution in [0.25, 0.3) is 0 Å². The predicted molar refractivity (Wildman–Crippen MR) is 88.0 cm³/mol. The zero-order valence-corrected chi connectivity index (χ0v) is 13.9. The Morgan fingerprint density at radius 2 is 1.50 bits per heavy atom. The summed E-state index contributed by atoms with van der Waals surface area (Å²) in [6.07, 6.45) is 14.1. The standard InChI is InChI=1S/C20H30F2/c1-2-14-3-5-15(6-4-14)16-7-9-17(10-8-16)18-11-12-19(21)20(22)13-18/h11-12,14-17,20H,2-10,13H2,1H3. The molecule has 0 aliphatic heterocycles. The summed E-state index contributed by atoms with van der Waals surface area (Å²) in [6.45, 7) is 2.32. The van der Waals surface area contributed by atoms with Crippen LogP contribution in [-0.2, 0) is 0 Å². The Balaban J connectivity index is 1.49. The summed E-state index contributed by atoms with van der Waals surface area (Å²) in [5, 5.41) is 0. The van der Waals surface area contributed by atoms with Gasteiger partial charge in [-0.05, 0) is 68.3 Å². The molecule has 0 nitrogen and oxygen atoms in total. The normalized spacial score (nSPS) is 40.0. The Morgan fingerprint density at radius 3 is 2.05 bits per heavy atom. The van der Waals surface area contributed by atoms with Crippen LogP contribution in [0.3, 0.4) is 0 Å². The first-order valence-corrected chi connectivity index (χ1v) is 9.37. The van der Waals surface area contributed by atoms with Gasteiger partial charge in [-0.15, -0.1) is 0 Å². The Kier molecular flexibility index (Phi) is 5.36. The highest BCUT2D eigenvalue weighted by Gasteiger charge is 2.32. The highest BCUT2D eigenvalue weighted by Crippen LogP contribution is 2.44. The first-order chi connectivity index (χ1) is 10.7. The monoisotopic (exact) mass is 308 g/mol. The second-order valence-electron chi connectivity index (χ2n) is 7.77. The van der Waals surface area contributed by atoms with Gasteiger partial charge in [-0.25, -0.2) is 8.78 Å². The topological polar surface area (TPSA) is 0 Å². The molecule has 2 heteroatoms. The molecule has 3 aliphatic rings. The summed E-state index contributed by atoms with van der Waals surface area (Å²) in [7, 11) is 0. The highest BCUT2D eigenvalue weighted by atomic mass is 19.2. The first kappa shape index (κ1) is 16.2. The molecule has 0 N–H and O–H groups in total. The van der Waals surface area contributed by atoms with Crippen LogP contribution >= 0.6 is 0 Å². The van der Waals surface area contributed by atoms with Crippen molar-refractivity contribution >= 4 is 0 Å². The van der Waals surface area contributed by atoms with Crippen molar-refractivity contribution in [2.75, 3.05) is 0 Å². The number of allylic oxidation sites excluding steroid dienone is 4. The molecule has 2 saturated carbocycles. The summed E-state index contributed by atoms with van der Waals surface area (Å²) in [5.74, 6) is 2.72. The molecule has 3 rings (SSSR count). The maximum Gasteiger partial charge on any atom is 0.155 e. The molecule has 124 valence electrons. The lowest BCUT2D eigenvalue weighted by Crippen LogP contribution is -2.27. The van der Waals surface area contributed by atoms with Gasteiger partial charge in [-0.1, -0.05) is 37.8 Å². The molecule has 0 aromatic rings. The second kappa shape index (κ2) is 7.27.